The van der Waals surface area contributed by atoms with Gasteiger partial charge in [-0.1, -0.05) is 37.6 Å². The zero-order valence-electron chi connectivity index (χ0n) is 9.99. The molecule has 0 spiro atoms. The van der Waals surface area contributed by atoms with E-state index in [9.17, 15) is 4.79 Å². The van der Waals surface area contributed by atoms with E-state index in [1.54, 1.807) is 0 Å². The van der Waals surface area contributed by atoms with Gasteiger partial charge in [-0.25, -0.2) is 0 Å². The summed E-state index contributed by atoms with van der Waals surface area (Å²) in [5.74, 6) is -0.00763. The maximum absolute atomic E-state index is 10.7. The summed E-state index contributed by atoms with van der Waals surface area (Å²) in [4.78, 5) is 10.7. The minimum Gasteiger partial charge on any atom is -0.352 e. The Kier molecular flexibility index (Phi) is 4.99. The maximum Gasteiger partial charge on any atom is 0.217 e. The molecule has 1 atom stereocenters. The van der Waals surface area contributed by atoms with Gasteiger partial charge in [0, 0.05) is 19.5 Å². The van der Waals surface area contributed by atoms with Crippen LogP contribution in [0.2, 0.25) is 0 Å². The average molecular weight is 220 g/mol. The van der Waals surface area contributed by atoms with Crippen LogP contribution in [0.1, 0.15) is 43.9 Å². The van der Waals surface area contributed by atoms with Crippen LogP contribution in [0.5, 0.6) is 0 Å². The van der Waals surface area contributed by atoms with Crippen LogP contribution in [0.15, 0.2) is 24.3 Å². The van der Waals surface area contributed by atoms with E-state index in [0.717, 1.165) is 24.0 Å². The highest BCUT2D eigenvalue weighted by Crippen LogP contribution is 2.16. The highest BCUT2D eigenvalue weighted by atomic mass is 16.1. The van der Waals surface area contributed by atoms with Gasteiger partial charge in [-0.15, -0.1) is 0 Å². The van der Waals surface area contributed by atoms with E-state index < -0.39 is 0 Å². The highest BCUT2D eigenvalue weighted by molar-refractivity contribution is 5.72. The van der Waals surface area contributed by atoms with Gasteiger partial charge in [0.25, 0.3) is 0 Å². The van der Waals surface area contributed by atoms with Gasteiger partial charge in [0.05, 0.1) is 0 Å². The zero-order valence-corrected chi connectivity index (χ0v) is 9.99. The van der Waals surface area contributed by atoms with Gasteiger partial charge < -0.3 is 11.1 Å². The predicted molar refractivity (Wildman–Crippen MR) is 65.8 cm³/mol. The fourth-order valence-corrected chi connectivity index (χ4v) is 1.59. The van der Waals surface area contributed by atoms with Crippen LogP contribution in [-0.2, 0) is 11.3 Å². The lowest BCUT2D eigenvalue weighted by atomic mass is 10.0. The Labute approximate surface area is 97.0 Å². The molecular weight excluding hydrogens is 200 g/mol. The minimum atomic E-state index is -0.00763. The van der Waals surface area contributed by atoms with Crippen LogP contribution in [0.3, 0.4) is 0 Å². The van der Waals surface area contributed by atoms with Crippen LogP contribution >= 0.6 is 0 Å². The summed E-state index contributed by atoms with van der Waals surface area (Å²) in [7, 11) is 0. The van der Waals surface area contributed by atoms with Crippen molar-refractivity contribution in [3.05, 3.63) is 35.4 Å². The Morgan fingerprint density at radius 1 is 1.38 bits per heavy atom. The summed E-state index contributed by atoms with van der Waals surface area (Å²) in [6.45, 7) is 4.23. The van der Waals surface area contributed by atoms with Crippen molar-refractivity contribution in [2.24, 2.45) is 5.73 Å². The van der Waals surface area contributed by atoms with Crippen molar-refractivity contribution in [3.63, 3.8) is 0 Å². The summed E-state index contributed by atoms with van der Waals surface area (Å²) in [6.07, 6.45) is 2.10. The van der Waals surface area contributed by atoms with Crippen LogP contribution in [0.4, 0.5) is 0 Å². The first-order chi connectivity index (χ1) is 7.63. The molecule has 3 nitrogen and oxygen atoms in total. The Hall–Kier alpha value is -1.35. The third kappa shape index (κ3) is 4.03. The molecule has 1 rings (SSSR count). The van der Waals surface area contributed by atoms with E-state index in [0.29, 0.717) is 6.54 Å². The molecule has 16 heavy (non-hydrogen) atoms. The minimum absolute atomic E-state index is 0.00763. The highest BCUT2D eigenvalue weighted by Gasteiger charge is 2.04. The van der Waals surface area contributed by atoms with E-state index in [2.05, 4.69) is 12.2 Å². The number of carbonyl (C=O) groups excluding carboxylic acids is 1. The molecule has 0 aromatic heterocycles. The van der Waals surface area contributed by atoms with Crippen LogP contribution in [-0.4, -0.2) is 5.91 Å². The molecule has 1 amide bonds. The average Bonchev–Trinajstić information content (AvgIpc) is 2.27. The second-order valence-electron chi connectivity index (χ2n) is 4.05. The number of benzene rings is 1. The molecule has 3 heteroatoms. The van der Waals surface area contributed by atoms with Gasteiger partial charge in [0.2, 0.25) is 5.91 Å². The van der Waals surface area contributed by atoms with Gasteiger partial charge in [-0.05, 0) is 17.5 Å². The second-order valence-corrected chi connectivity index (χ2v) is 4.05. The molecule has 0 aliphatic carbocycles. The molecular formula is C13H20N2O. The first kappa shape index (κ1) is 12.7. The van der Waals surface area contributed by atoms with Gasteiger partial charge >= 0.3 is 0 Å². The van der Waals surface area contributed by atoms with Crippen molar-refractivity contribution in [1.29, 1.82) is 0 Å². The molecule has 1 aromatic carbocycles. The molecule has 1 unspecified atom stereocenters. The lowest BCUT2D eigenvalue weighted by Gasteiger charge is -2.11. The normalized spacial score (nSPS) is 12.2. The number of nitrogens with one attached hydrogen (secondary N) is 1. The molecule has 1 aromatic rings. The van der Waals surface area contributed by atoms with Gasteiger partial charge in [0.1, 0.15) is 0 Å². The number of carbonyl (C=O) groups is 1. The smallest absolute Gasteiger partial charge is 0.217 e. The van der Waals surface area contributed by atoms with E-state index in [-0.39, 0.29) is 11.9 Å². The Morgan fingerprint density at radius 3 is 2.50 bits per heavy atom. The SMILES string of the molecule is CCCC(N)c1ccc(CNC(C)=O)cc1. The fraction of sp³-hybridized carbons (Fsp3) is 0.462. The number of hydrogen-bond donors (Lipinski definition) is 2. The molecule has 0 saturated carbocycles. The monoisotopic (exact) mass is 220 g/mol. The number of hydrogen-bond acceptors (Lipinski definition) is 2. The molecule has 0 fully saturated rings. The van der Waals surface area contributed by atoms with Gasteiger partial charge in [-0.2, -0.15) is 0 Å². The Bertz CT molecular complexity index is 332. The molecule has 0 aliphatic heterocycles. The summed E-state index contributed by atoms with van der Waals surface area (Å²) < 4.78 is 0. The van der Waals surface area contributed by atoms with Crippen molar-refractivity contribution in [2.75, 3.05) is 0 Å². The zero-order chi connectivity index (χ0) is 12.0. The number of rotatable bonds is 5. The summed E-state index contributed by atoms with van der Waals surface area (Å²) in [6, 6.07) is 8.23. The van der Waals surface area contributed by atoms with E-state index >= 15 is 0 Å². The van der Waals surface area contributed by atoms with E-state index in [4.69, 9.17) is 5.73 Å². The largest absolute Gasteiger partial charge is 0.352 e. The van der Waals surface area contributed by atoms with E-state index in [1.165, 1.54) is 6.92 Å². The number of amides is 1. The molecule has 3 N–H and O–H groups in total. The first-order valence-corrected chi connectivity index (χ1v) is 5.72. The standard InChI is InChI=1S/C13H20N2O/c1-3-4-13(14)12-7-5-11(6-8-12)9-15-10(2)16/h5-8,13H,3-4,9,14H2,1-2H3,(H,15,16). The molecule has 88 valence electrons. The second kappa shape index (κ2) is 6.28. The fourth-order valence-electron chi connectivity index (χ4n) is 1.59. The summed E-state index contributed by atoms with van der Waals surface area (Å²) in [5, 5.41) is 2.77. The third-order valence-corrected chi connectivity index (χ3v) is 2.55. The van der Waals surface area contributed by atoms with Crippen LogP contribution in [0, 0.1) is 0 Å². The molecule has 0 heterocycles. The molecule has 0 radical (unpaired) electrons. The van der Waals surface area contributed by atoms with Crippen molar-refractivity contribution in [1.82, 2.24) is 5.32 Å². The molecule has 0 bridgehead atoms. The van der Waals surface area contributed by atoms with Gasteiger partial charge in [0.15, 0.2) is 0 Å². The van der Waals surface area contributed by atoms with Crippen LogP contribution < -0.4 is 11.1 Å². The Balaban J connectivity index is 2.57. The first-order valence-electron chi connectivity index (χ1n) is 5.72. The predicted octanol–water partition coefficient (Wildman–Crippen LogP) is 2.12. The van der Waals surface area contributed by atoms with Gasteiger partial charge in [-0.3, -0.25) is 4.79 Å². The molecule has 0 aliphatic rings. The van der Waals surface area contributed by atoms with Crippen molar-refractivity contribution >= 4 is 5.91 Å². The summed E-state index contributed by atoms with van der Waals surface area (Å²) in [5.41, 5.74) is 8.27. The third-order valence-electron chi connectivity index (χ3n) is 2.55. The lowest BCUT2D eigenvalue weighted by molar-refractivity contribution is -0.119. The molecule has 0 saturated heterocycles. The quantitative estimate of drug-likeness (QED) is 0.798. The summed E-state index contributed by atoms with van der Waals surface area (Å²) >= 11 is 0. The van der Waals surface area contributed by atoms with Crippen molar-refractivity contribution in [2.45, 2.75) is 39.3 Å². The van der Waals surface area contributed by atoms with Crippen molar-refractivity contribution in [3.8, 4) is 0 Å². The topological polar surface area (TPSA) is 55.1 Å². The van der Waals surface area contributed by atoms with Crippen molar-refractivity contribution < 1.29 is 4.79 Å². The number of nitrogens with two attached hydrogens (primary N) is 1. The van der Waals surface area contributed by atoms with Crippen LogP contribution in [0.25, 0.3) is 0 Å². The lowest BCUT2D eigenvalue weighted by Crippen LogP contribution is -2.19. The Morgan fingerprint density at radius 2 is 2.00 bits per heavy atom. The maximum atomic E-state index is 10.7. The van der Waals surface area contributed by atoms with E-state index in [1.807, 2.05) is 24.3 Å².